The van der Waals surface area contributed by atoms with Crippen molar-refractivity contribution in [1.82, 2.24) is 47.1 Å². The summed E-state index contributed by atoms with van der Waals surface area (Å²) in [5, 5.41) is 42.7. The molecular weight excluding hydrogens is 967 g/mol. The second-order valence-corrected chi connectivity index (χ2v) is 20.4. The molecule has 0 radical (unpaired) electrons. The largest absolute Gasteiger partial charge is 0.388 e. The van der Waals surface area contributed by atoms with Gasteiger partial charge in [-0.1, -0.05) is 100 Å². The highest BCUT2D eigenvalue weighted by Gasteiger charge is 2.49. The monoisotopic (exact) mass is 1040 g/mol. The van der Waals surface area contributed by atoms with Crippen LogP contribution in [-0.2, 0) is 60.7 Å². The third kappa shape index (κ3) is 14.7. The Morgan fingerprint density at radius 3 is 2.24 bits per heavy atom. The number of aromatic nitrogens is 1. The zero-order valence-corrected chi connectivity index (χ0v) is 43.1. The van der Waals surface area contributed by atoms with Crippen molar-refractivity contribution in [1.29, 1.82) is 0 Å². The van der Waals surface area contributed by atoms with E-state index < -0.39 is 114 Å². The van der Waals surface area contributed by atoms with Crippen LogP contribution in [0.5, 0.6) is 0 Å². The summed E-state index contributed by atoms with van der Waals surface area (Å²) in [6.45, 7) is 3.36. The summed E-state index contributed by atoms with van der Waals surface area (Å²) in [5.41, 5.74) is 2.26. The first-order valence-corrected chi connectivity index (χ1v) is 26.7. The van der Waals surface area contributed by atoms with Crippen molar-refractivity contribution in [3.63, 3.8) is 0 Å². The Balaban J connectivity index is 1.17. The van der Waals surface area contributed by atoms with Crippen molar-refractivity contribution in [2.24, 2.45) is 5.92 Å². The summed E-state index contributed by atoms with van der Waals surface area (Å²) >= 11 is 0. The number of aromatic amines is 1. The highest BCUT2D eigenvalue weighted by Crippen LogP contribution is 2.29. The molecule has 3 aliphatic heterocycles. The normalized spacial score (nSPS) is 28.1. The van der Waals surface area contributed by atoms with Crippen LogP contribution >= 0.6 is 0 Å². The SMILES string of the molecule is CCCC[C@@H]1NC(=O)[C@H](Cc2c[nH]c3ccccc23)NC(=O)[C@@H](CC2CCCCC2)NC(=O)[C@@H]2CCCN2C(=O)[C@@H](NC(=O)[C@H](Cc2ccccc2)NC(=O)C2O[C@H](OC)[C@@H](NC(C)=O)[C@H](O)[C@H]2O)CCCNC1=O. The van der Waals surface area contributed by atoms with Crippen molar-refractivity contribution in [3.8, 4) is 0 Å². The average Bonchev–Trinajstić information content (AvgIpc) is 4.07. The second kappa shape index (κ2) is 26.9. The van der Waals surface area contributed by atoms with Crippen molar-refractivity contribution in [2.45, 2.75) is 177 Å². The third-order valence-corrected chi connectivity index (χ3v) is 14.9. The summed E-state index contributed by atoms with van der Waals surface area (Å²) < 4.78 is 11.1. The molecule has 11 atom stereocenters. The molecule has 21 heteroatoms. The Morgan fingerprint density at radius 1 is 0.800 bits per heavy atom. The van der Waals surface area contributed by atoms with E-state index in [0.29, 0.717) is 31.2 Å². The molecule has 4 fully saturated rings. The van der Waals surface area contributed by atoms with Crippen molar-refractivity contribution < 1.29 is 58.0 Å². The predicted octanol–water partition coefficient (Wildman–Crippen LogP) is 1.04. The fourth-order valence-electron chi connectivity index (χ4n) is 10.9. The first-order chi connectivity index (χ1) is 36.1. The van der Waals surface area contributed by atoms with Crippen LogP contribution in [0.1, 0.15) is 108 Å². The number of unbranched alkanes of at least 4 members (excludes halogenated alkanes) is 1. The molecule has 0 bridgehead atoms. The van der Waals surface area contributed by atoms with Gasteiger partial charge in [0.25, 0.3) is 5.91 Å². The van der Waals surface area contributed by atoms with Gasteiger partial charge in [-0.3, -0.25) is 38.4 Å². The number of aliphatic hydroxyl groups excluding tert-OH is 2. The molecular formula is C54H75N9O12. The second-order valence-electron chi connectivity index (χ2n) is 20.4. The molecule has 3 saturated heterocycles. The predicted molar refractivity (Wildman–Crippen MR) is 275 cm³/mol. The Bertz CT molecular complexity index is 2460. The summed E-state index contributed by atoms with van der Waals surface area (Å²) in [6, 6.07) is 8.26. The van der Waals surface area contributed by atoms with E-state index in [4.69, 9.17) is 9.47 Å². The van der Waals surface area contributed by atoms with Crippen LogP contribution in [0.15, 0.2) is 60.8 Å². The van der Waals surface area contributed by atoms with Crippen LogP contribution in [0.25, 0.3) is 10.9 Å². The van der Waals surface area contributed by atoms with Gasteiger partial charge in [-0.2, -0.15) is 0 Å². The zero-order valence-electron chi connectivity index (χ0n) is 43.1. The minimum absolute atomic E-state index is 0.0240. The maximum Gasteiger partial charge on any atom is 0.252 e. The number of fused-ring (bicyclic) bond motifs is 2. The lowest BCUT2D eigenvalue weighted by molar-refractivity contribution is -0.252. The molecule has 7 rings (SSSR count). The van der Waals surface area contributed by atoms with Crippen LogP contribution in [0.4, 0.5) is 0 Å². The molecule has 3 aromatic rings. The van der Waals surface area contributed by atoms with Crippen LogP contribution in [0, 0.1) is 5.92 Å². The van der Waals surface area contributed by atoms with Gasteiger partial charge in [-0.25, -0.2) is 0 Å². The van der Waals surface area contributed by atoms with Crippen LogP contribution in [-0.4, -0.2) is 154 Å². The number of ether oxygens (including phenoxy) is 2. The molecule has 1 aliphatic carbocycles. The van der Waals surface area contributed by atoms with Gasteiger partial charge in [-0.05, 0) is 61.6 Å². The van der Waals surface area contributed by atoms with Crippen LogP contribution in [0.2, 0.25) is 0 Å². The Morgan fingerprint density at radius 2 is 1.51 bits per heavy atom. The van der Waals surface area contributed by atoms with E-state index in [0.717, 1.165) is 55.0 Å². The van der Waals surface area contributed by atoms with Gasteiger partial charge in [0.1, 0.15) is 54.5 Å². The minimum Gasteiger partial charge on any atom is -0.388 e. The number of carbonyl (C=O) groups is 8. The van der Waals surface area contributed by atoms with Gasteiger partial charge in [0.15, 0.2) is 12.4 Å². The highest BCUT2D eigenvalue weighted by molar-refractivity contribution is 5.98. The van der Waals surface area contributed by atoms with E-state index in [-0.39, 0.29) is 51.1 Å². The van der Waals surface area contributed by atoms with E-state index in [1.807, 2.05) is 31.2 Å². The smallest absolute Gasteiger partial charge is 0.252 e. The number of amides is 8. The zero-order chi connectivity index (χ0) is 53.6. The summed E-state index contributed by atoms with van der Waals surface area (Å²) in [4.78, 5) is 118. The molecule has 21 nitrogen and oxygen atoms in total. The van der Waals surface area contributed by atoms with E-state index in [9.17, 15) is 48.6 Å². The lowest BCUT2D eigenvalue weighted by Gasteiger charge is -2.41. The number of para-hydroxylation sites is 1. The molecule has 4 heterocycles. The number of nitrogens with zero attached hydrogens (tertiary/aromatic N) is 1. The fraction of sp³-hybridized carbons (Fsp3) is 0.593. The maximum absolute atomic E-state index is 14.9. The third-order valence-electron chi connectivity index (χ3n) is 14.9. The number of hydrogen-bond donors (Lipinski definition) is 10. The lowest BCUT2D eigenvalue weighted by Crippen LogP contribution is -2.67. The maximum atomic E-state index is 14.9. The van der Waals surface area contributed by atoms with E-state index in [1.54, 1.807) is 36.5 Å². The summed E-state index contributed by atoms with van der Waals surface area (Å²) in [5.74, 6) is -4.95. The highest BCUT2D eigenvalue weighted by atomic mass is 16.7. The molecule has 1 aromatic heterocycles. The quantitative estimate of drug-likeness (QED) is 0.102. The number of nitrogens with one attached hydrogen (secondary N) is 8. The number of methoxy groups -OCH3 is 1. The van der Waals surface area contributed by atoms with Gasteiger partial charge in [0.05, 0.1) is 0 Å². The summed E-state index contributed by atoms with van der Waals surface area (Å²) in [6.07, 6.45) is 2.63. The lowest BCUT2D eigenvalue weighted by atomic mass is 9.84. The number of carbonyl (C=O) groups excluding carboxylic acids is 8. The molecule has 408 valence electrons. The van der Waals surface area contributed by atoms with E-state index >= 15 is 0 Å². The van der Waals surface area contributed by atoms with Gasteiger partial charge >= 0.3 is 0 Å². The van der Waals surface area contributed by atoms with Crippen LogP contribution in [0.3, 0.4) is 0 Å². The molecule has 1 saturated carbocycles. The molecule has 10 N–H and O–H groups in total. The van der Waals surface area contributed by atoms with Gasteiger partial charge in [0, 0.05) is 57.1 Å². The van der Waals surface area contributed by atoms with Crippen molar-refractivity contribution in [2.75, 3.05) is 20.2 Å². The summed E-state index contributed by atoms with van der Waals surface area (Å²) in [7, 11) is 1.23. The minimum atomic E-state index is -1.86. The van der Waals surface area contributed by atoms with Crippen LogP contribution < -0.4 is 37.2 Å². The van der Waals surface area contributed by atoms with E-state index in [1.165, 1.54) is 18.9 Å². The Kier molecular flexibility index (Phi) is 20.2. The van der Waals surface area contributed by atoms with Gasteiger partial charge < -0.3 is 66.8 Å². The topological polar surface area (TPSA) is 299 Å². The number of H-pyrrole nitrogens is 1. The van der Waals surface area contributed by atoms with Gasteiger partial charge in [0.2, 0.25) is 41.4 Å². The fourth-order valence-corrected chi connectivity index (χ4v) is 10.9. The first kappa shape index (κ1) is 56.3. The van der Waals surface area contributed by atoms with Gasteiger partial charge in [-0.15, -0.1) is 0 Å². The molecule has 1 unspecified atom stereocenters. The van der Waals surface area contributed by atoms with Crippen molar-refractivity contribution >= 4 is 58.2 Å². The molecule has 8 amide bonds. The average molecular weight is 1040 g/mol. The Hall–Kier alpha value is -6.42. The molecule has 4 aliphatic rings. The van der Waals surface area contributed by atoms with Crippen molar-refractivity contribution in [3.05, 3.63) is 71.9 Å². The number of rotatable bonds is 15. The molecule has 2 aromatic carbocycles. The standard InChI is InChI=1S/C54H75N9O12/c1-4-5-21-37-47(67)55-25-14-23-38(59-48(68)40(28-33-18-10-7-11-19-33)62-52(72)46-45(66)44(65)43(57-31(2)64)54(74-3)75-46)53(73)63-26-15-24-42(63)51(71)61-39(27-32-16-8-6-9-17-32)49(69)60-41(50(70)58-37)29-34-30-56-36-22-13-12-20-35(34)36/h7,10-13,18-20,22,30,32,37-46,54,56,65-66H,4-6,8-9,14-17,21,23-29H2,1-3H3,(H,55,67)(H,57,64)(H,58,70)(H,59,68)(H,60,69)(H,61,71)(H,62,72)/t37-,38-,39+,40-,41-,42-,43-,44-,45+,46?,54-/m0/s1. The first-order valence-electron chi connectivity index (χ1n) is 26.7. The molecule has 75 heavy (non-hydrogen) atoms. The Labute approximate surface area is 437 Å². The molecule has 0 spiro atoms. The number of aliphatic hydroxyl groups is 2. The number of benzene rings is 2. The number of hydrogen-bond acceptors (Lipinski definition) is 12. The van der Waals surface area contributed by atoms with E-state index in [2.05, 4.69) is 42.2 Å².